The Hall–Kier alpha value is -2.10. The Labute approximate surface area is 115 Å². The van der Waals surface area contributed by atoms with Crippen LogP contribution in [0.5, 0.6) is 0 Å². The van der Waals surface area contributed by atoms with E-state index in [-0.39, 0.29) is 0 Å². The highest BCUT2D eigenvalue weighted by Crippen LogP contribution is 2.32. The van der Waals surface area contributed by atoms with Crippen molar-refractivity contribution < 1.29 is 13.2 Å². The molecular formula is C16H14F3N. The molecule has 0 aliphatic heterocycles. The van der Waals surface area contributed by atoms with Crippen LogP contribution in [0.3, 0.4) is 0 Å². The Bertz CT molecular complexity index is 642. The molecule has 1 heterocycles. The molecule has 0 N–H and O–H groups in total. The first-order valence-electron chi connectivity index (χ1n) is 6.19. The minimum atomic E-state index is -4.33. The number of hydrogen-bond acceptors (Lipinski definition) is 1. The third-order valence-corrected chi connectivity index (χ3v) is 2.97. The van der Waals surface area contributed by atoms with Crippen LogP contribution in [0.1, 0.15) is 23.7 Å². The van der Waals surface area contributed by atoms with E-state index in [1.165, 1.54) is 6.07 Å². The van der Waals surface area contributed by atoms with E-state index in [0.717, 1.165) is 23.4 Å². The lowest BCUT2D eigenvalue weighted by Gasteiger charge is -2.09. The summed E-state index contributed by atoms with van der Waals surface area (Å²) in [5.41, 5.74) is 2.30. The molecule has 0 aliphatic rings. The van der Waals surface area contributed by atoms with Crippen molar-refractivity contribution in [2.45, 2.75) is 20.0 Å². The van der Waals surface area contributed by atoms with Gasteiger partial charge in [-0.3, -0.25) is 4.98 Å². The molecule has 4 heteroatoms. The lowest BCUT2D eigenvalue weighted by molar-refractivity contribution is -0.137. The molecule has 1 aromatic heterocycles. The number of aromatic nitrogens is 1. The summed E-state index contributed by atoms with van der Waals surface area (Å²) in [5, 5.41) is 0. The van der Waals surface area contributed by atoms with Crippen molar-refractivity contribution in [1.29, 1.82) is 0 Å². The zero-order valence-electron chi connectivity index (χ0n) is 11.2. The number of alkyl halides is 3. The lowest BCUT2D eigenvalue weighted by atomic mass is 10.0. The predicted octanol–water partition coefficient (Wildman–Crippen LogP) is 5.11. The van der Waals surface area contributed by atoms with Crippen LogP contribution < -0.4 is 0 Å². The van der Waals surface area contributed by atoms with Crippen LogP contribution >= 0.6 is 0 Å². The van der Waals surface area contributed by atoms with Crippen molar-refractivity contribution in [2.75, 3.05) is 0 Å². The van der Waals surface area contributed by atoms with Crippen molar-refractivity contribution in [3.05, 3.63) is 59.4 Å². The van der Waals surface area contributed by atoms with E-state index in [1.807, 2.05) is 32.1 Å². The number of benzene rings is 1. The normalized spacial score (nSPS) is 12.1. The zero-order valence-corrected chi connectivity index (χ0v) is 11.2. The summed E-state index contributed by atoms with van der Waals surface area (Å²) in [5.74, 6) is 0. The molecule has 0 amide bonds. The van der Waals surface area contributed by atoms with Gasteiger partial charge in [0.25, 0.3) is 0 Å². The molecule has 2 rings (SSSR count). The second-order valence-electron chi connectivity index (χ2n) is 4.50. The van der Waals surface area contributed by atoms with Gasteiger partial charge in [0, 0.05) is 11.8 Å². The molecule has 1 nitrogen and oxygen atoms in total. The molecule has 104 valence electrons. The second kappa shape index (κ2) is 5.49. The van der Waals surface area contributed by atoms with Gasteiger partial charge in [-0.1, -0.05) is 18.2 Å². The first kappa shape index (κ1) is 14.3. The van der Waals surface area contributed by atoms with Gasteiger partial charge in [0.15, 0.2) is 0 Å². The summed E-state index contributed by atoms with van der Waals surface area (Å²) >= 11 is 0. The smallest absolute Gasteiger partial charge is 0.256 e. The van der Waals surface area contributed by atoms with Crippen molar-refractivity contribution in [1.82, 2.24) is 4.98 Å². The molecule has 2 aromatic rings. The van der Waals surface area contributed by atoms with E-state index in [2.05, 4.69) is 4.98 Å². The predicted molar refractivity (Wildman–Crippen MR) is 74.1 cm³/mol. The second-order valence-corrected chi connectivity index (χ2v) is 4.50. The quantitative estimate of drug-likeness (QED) is 0.743. The van der Waals surface area contributed by atoms with Crippen LogP contribution in [0.4, 0.5) is 13.2 Å². The van der Waals surface area contributed by atoms with E-state index < -0.39 is 11.7 Å². The van der Waals surface area contributed by atoms with E-state index in [0.29, 0.717) is 11.1 Å². The SMILES string of the molecule is C/C=C\c1ncc(-c2cccc(C(F)(F)F)c2)cc1C. The highest BCUT2D eigenvalue weighted by atomic mass is 19.4. The van der Waals surface area contributed by atoms with Gasteiger partial charge < -0.3 is 0 Å². The van der Waals surface area contributed by atoms with Crippen LogP contribution in [-0.2, 0) is 6.18 Å². The maximum Gasteiger partial charge on any atom is 0.416 e. The van der Waals surface area contributed by atoms with Gasteiger partial charge in [-0.05, 0) is 49.2 Å². The number of nitrogens with zero attached hydrogens (tertiary/aromatic N) is 1. The van der Waals surface area contributed by atoms with Crippen molar-refractivity contribution >= 4 is 6.08 Å². The topological polar surface area (TPSA) is 12.9 Å². The Morgan fingerprint density at radius 1 is 1.10 bits per heavy atom. The van der Waals surface area contributed by atoms with Gasteiger partial charge in [0.05, 0.1) is 11.3 Å². The number of allylic oxidation sites excluding steroid dienone is 1. The summed E-state index contributed by atoms with van der Waals surface area (Å²) in [7, 11) is 0. The molecule has 0 bridgehead atoms. The van der Waals surface area contributed by atoms with Crippen LogP contribution in [0.2, 0.25) is 0 Å². The molecule has 0 saturated heterocycles. The molecule has 0 unspecified atom stereocenters. The highest BCUT2D eigenvalue weighted by molar-refractivity contribution is 5.66. The average molecular weight is 277 g/mol. The van der Waals surface area contributed by atoms with Crippen LogP contribution in [0.25, 0.3) is 17.2 Å². The summed E-state index contributed by atoms with van der Waals surface area (Å²) in [4.78, 5) is 4.27. The lowest BCUT2D eigenvalue weighted by Crippen LogP contribution is -2.04. The number of rotatable bonds is 2. The Balaban J connectivity index is 2.44. The van der Waals surface area contributed by atoms with Crippen molar-refractivity contribution in [3.63, 3.8) is 0 Å². The molecule has 0 fully saturated rings. The molecule has 1 aromatic carbocycles. The molecule has 0 atom stereocenters. The fourth-order valence-corrected chi connectivity index (χ4v) is 1.95. The molecule has 0 saturated carbocycles. The minimum absolute atomic E-state index is 0.516. The largest absolute Gasteiger partial charge is 0.416 e. The minimum Gasteiger partial charge on any atom is -0.256 e. The van der Waals surface area contributed by atoms with Crippen molar-refractivity contribution in [2.24, 2.45) is 0 Å². The standard InChI is InChI=1S/C16H14F3N/c1-3-5-15-11(2)8-13(10-20-15)12-6-4-7-14(9-12)16(17,18)19/h3-10H,1-2H3/b5-3-. The molecule has 0 radical (unpaired) electrons. The Morgan fingerprint density at radius 2 is 1.85 bits per heavy atom. The number of halogens is 3. The Kier molecular flexibility index (Phi) is 3.93. The van der Waals surface area contributed by atoms with Gasteiger partial charge in [-0.15, -0.1) is 0 Å². The first-order valence-corrected chi connectivity index (χ1v) is 6.19. The third-order valence-electron chi connectivity index (χ3n) is 2.97. The number of aryl methyl sites for hydroxylation is 1. The summed E-state index contributed by atoms with van der Waals surface area (Å²) < 4.78 is 38.1. The van der Waals surface area contributed by atoms with Crippen LogP contribution in [0, 0.1) is 6.92 Å². The molecule has 0 aliphatic carbocycles. The fraction of sp³-hybridized carbons (Fsp3) is 0.188. The van der Waals surface area contributed by atoms with Gasteiger partial charge in [-0.25, -0.2) is 0 Å². The summed E-state index contributed by atoms with van der Waals surface area (Å²) in [6.07, 6.45) is 1.01. The summed E-state index contributed by atoms with van der Waals surface area (Å²) in [6, 6.07) is 7.12. The van der Waals surface area contributed by atoms with Gasteiger partial charge in [0.2, 0.25) is 0 Å². The number of hydrogen-bond donors (Lipinski definition) is 0. The monoisotopic (exact) mass is 277 g/mol. The number of pyridine rings is 1. The van der Waals surface area contributed by atoms with Crippen LogP contribution in [-0.4, -0.2) is 4.98 Å². The third kappa shape index (κ3) is 3.07. The van der Waals surface area contributed by atoms with E-state index >= 15 is 0 Å². The molecule has 0 spiro atoms. The van der Waals surface area contributed by atoms with E-state index in [1.54, 1.807) is 12.3 Å². The summed E-state index contributed by atoms with van der Waals surface area (Å²) in [6.45, 7) is 3.78. The highest BCUT2D eigenvalue weighted by Gasteiger charge is 2.30. The maximum absolute atomic E-state index is 12.7. The first-order chi connectivity index (χ1) is 9.41. The van der Waals surface area contributed by atoms with E-state index in [9.17, 15) is 13.2 Å². The zero-order chi connectivity index (χ0) is 14.8. The van der Waals surface area contributed by atoms with Gasteiger partial charge in [0.1, 0.15) is 0 Å². The molecule has 20 heavy (non-hydrogen) atoms. The fourth-order valence-electron chi connectivity index (χ4n) is 1.95. The Morgan fingerprint density at radius 3 is 2.45 bits per heavy atom. The van der Waals surface area contributed by atoms with Crippen molar-refractivity contribution in [3.8, 4) is 11.1 Å². The van der Waals surface area contributed by atoms with E-state index in [4.69, 9.17) is 0 Å². The molecular weight excluding hydrogens is 263 g/mol. The maximum atomic E-state index is 12.7. The van der Waals surface area contributed by atoms with Gasteiger partial charge >= 0.3 is 6.18 Å². The van der Waals surface area contributed by atoms with Gasteiger partial charge in [-0.2, -0.15) is 13.2 Å². The van der Waals surface area contributed by atoms with Crippen LogP contribution in [0.15, 0.2) is 42.6 Å². The average Bonchev–Trinajstić information content (AvgIpc) is 2.40.